The van der Waals surface area contributed by atoms with Gasteiger partial charge >= 0.3 is 0 Å². The smallest absolute Gasteiger partial charge is 0.249 e. The average molecular weight is 519 g/mol. The highest BCUT2D eigenvalue weighted by molar-refractivity contribution is 5.84. The molecule has 0 radical (unpaired) electrons. The minimum absolute atomic E-state index is 0.147. The zero-order chi connectivity index (χ0) is 29.0. The van der Waals surface area contributed by atoms with Crippen molar-refractivity contribution in [1.29, 1.82) is 0 Å². The van der Waals surface area contributed by atoms with Gasteiger partial charge in [-0.2, -0.15) is 0 Å². The van der Waals surface area contributed by atoms with Crippen molar-refractivity contribution in [3.63, 3.8) is 0 Å². The van der Waals surface area contributed by atoms with E-state index in [1.165, 1.54) is 0 Å². The molecule has 2 heterocycles. The number of hydrogen-bond acceptors (Lipinski definition) is 8. The summed E-state index contributed by atoms with van der Waals surface area (Å²) < 4.78 is 0. The monoisotopic (exact) mass is 518 g/mol. The average Bonchev–Trinajstić information content (AvgIpc) is 2.54. The Kier molecular flexibility index (Phi) is 10.7. The Balaban J connectivity index is 0.000000533. The SMILES string of the molecule is CC1(C)CC(O)(C(N)=O)CC(C)(C)[NH2+]1.CC1(C)CC(O)(C(N)=O)CC(C)(C)[NH2+]1.O=C([O-])CCC(=O)[O-]. The van der Waals surface area contributed by atoms with Crippen LogP contribution in [0.15, 0.2) is 0 Å². The summed E-state index contributed by atoms with van der Waals surface area (Å²) in [4.78, 5) is 41.4. The predicted molar refractivity (Wildman–Crippen MR) is 126 cm³/mol. The molecule has 0 atom stereocenters. The molecule has 0 aliphatic carbocycles. The van der Waals surface area contributed by atoms with Gasteiger partial charge in [-0.3, -0.25) is 9.59 Å². The van der Waals surface area contributed by atoms with Gasteiger partial charge in [-0.1, -0.05) is 0 Å². The Hall–Kier alpha value is -2.28. The van der Waals surface area contributed by atoms with E-state index < -0.39 is 47.8 Å². The van der Waals surface area contributed by atoms with Crippen LogP contribution < -0.4 is 32.3 Å². The number of amides is 2. The molecule has 210 valence electrons. The number of aliphatic carboxylic acids is 2. The van der Waals surface area contributed by atoms with Crippen LogP contribution in [0.25, 0.3) is 0 Å². The lowest BCUT2D eigenvalue weighted by Gasteiger charge is -2.45. The fourth-order valence-corrected chi connectivity index (χ4v) is 6.01. The highest BCUT2D eigenvalue weighted by Gasteiger charge is 2.53. The minimum Gasteiger partial charge on any atom is -0.550 e. The summed E-state index contributed by atoms with van der Waals surface area (Å²) >= 11 is 0. The first kappa shape index (κ1) is 33.7. The molecule has 2 saturated heterocycles. The van der Waals surface area contributed by atoms with Gasteiger partial charge in [0.25, 0.3) is 0 Å². The summed E-state index contributed by atoms with van der Waals surface area (Å²) in [6.07, 6.45) is 0.722. The van der Waals surface area contributed by atoms with E-state index in [1.54, 1.807) is 0 Å². The molecule has 2 aliphatic rings. The van der Waals surface area contributed by atoms with Gasteiger partial charge in [0.05, 0.1) is 22.2 Å². The van der Waals surface area contributed by atoms with Crippen molar-refractivity contribution in [3.8, 4) is 0 Å². The summed E-state index contributed by atoms with van der Waals surface area (Å²) in [6, 6.07) is 0. The lowest BCUT2D eigenvalue weighted by Crippen LogP contribution is -3.07. The summed E-state index contributed by atoms with van der Waals surface area (Å²) in [5, 5.41) is 43.6. The van der Waals surface area contributed by atoms with E-state index in [-0.39, 0.29) is 22.2 Å². The Morgan fingerprint density at radius 2 is 0.806 bits per heavy atom. The molecule has 2 aliphatic heterocycles. The summed E-state index contributed by atoms with van der Waals surface area (Å²) in [6.45, 7) is 16.1. The van der Waals surface area contributed by atoms with Gasteiger partial charge in [-0.15, -0.1) is 0 Å². The second-order valence-electron chi connectivity index (χ2n) is 13.0. The van der Waals surface area contributed by atoms with Crippen molar-refractivity contribution in [2.45, 2.75) is 127 Å². The third-order valence-electron chi connectivity index (χ3n) is 6.01. The molecule has 12 nitrogen and oxygen atoms in total. The van der Waals surface area contributed by atoms with Crippen LogP contribution in [0.1, 0.15) is 93.9 Å². The van der Waals surface area contributed by atoms with Crippen LogP contribution in [0, 0.1) is 0 Å². The van der Waals surface area contributed by atoms with Gasteiger partial charge < -0.3 is 52.1 Å². The van der Waals surface area contributed by atoms with Crippen molar-refractivity contribution < 1.29 is 50.2 Å². The van der Waals surface area contributed by atoms with Crippen LogP contribution in [0.2, 0.25) is 0 Å². The fraction of sp³-hybridized carbons (Fsp3) is 0.833. The number of quaternary nitrogens is 2. The number of nitrogens with two attached hydrogens (primary N) is 4. The maximum atomic E-state index is 11.2. The van der Waals surface area contributed by atoms with E-state index in [9.17, 15) is 39.6 Å². The number of aliphatic hydroxyl groups is 2. The molecule has 12 heteroatoms. The molecule has 0 saturated carbocycles. The number of carbonyl (C=O) groups excluding carboxylic acids is 4. The zero-order valence-corrected chi connectivity index (χ0v) is 22.9. The molecule has 0 aromatic heterocycles. The second kappa shape index (κ2) is 11.4. The number of carboxylic acids is 2. The van der Waals surface area contributed by atoms with E-state index in [0.717, 1.165) is 0 Å². The normalized spacial score (nSPS) is 23.9. The quantitative estimate of drug-likeness (QED) is 0.207. The van der Waals surface area contributed by atoms with Crippen molar-refractivity contribution >= 4 is 23.8 Å². The topological polar surface area (TPSA) is 240 Å². The molecule has 0 unspecified atom stereocenters. The van der Waals surface area contributed by atoms with Crippen molar-refractivity contribution in [3.05, 3.63) is 0 Å². The van der Waals surface area contributed by atoms with E-state index in [0.29, 0.717) is 25.7 Å². The van der Waals surface area contributed by atoms with E-state index in [4.69, 9.17) is 11.5 Å². The molecular weight excluding hydrogens is 472 g/mol. The molecule has 2 rings (SSSR count). The molecular formula is C24H46N4O8. The van der Waals surface area contributed by atoms with Crippen molar-refractivity contribution in [2.75, 3.05) is 0 Å². The minimum atomic E-state index is -1.37. The summed E-state index contributed by atoms with van der Waals surface area (Å²) in [7, 11) is 0. The molecule has 10 N–H and O–H groups in total. The molecule has 2 fully saturated rings. The molecule has 0 aromatic rings. The molecule has 0 bridgehead atoms. The summed E-state index contributed by atoms with van der Waals surface area (Å²) in [5.74, 6) is -3.94. The van der Waals surface area contributed by atoms with Crippen molar-refractivity contribution in [1.82, 2.24) is 0 Å². The van der Waals surface area contributed by atoms with Crippen LogP contribution in [0.5, 0.6) is 0 Å². The number of piperidine rings is 2. The highest BCUT2D eigenvalue weighted by atomic mass is 16.4. The Morgan fingerprint density at radius 1 is 0.611 bits per heavy atom. The maximum Gasteiger partial charge on any atom is 0.249 e. The zero-order valence-electron chi connectivity index (χ0n) is 22.9. The van der Waals surface area contributed by atoms with Gasteiger partial charge in [-0.05, 0) is 68.2 Å². The first-order valence-electron chi connectivity index (χ1n) is 11.9. The Labute approximate surface area is 213 Å². The van der Waals surface area contributed by atoms with Crippen LogP contribution in [0.4, 0.5) is 0 Å². The summed E-state index contributed by atoms with van der Waals surface area (Å²) in [5.41, 5.74) is 7.20. The van der Waals surface area contributed by atoms with Crippen LogP contribution in [-0.2, 0) is 19.2 Å². The van der Waals surface area contributed by atoms with Gasteiger partial charge in [0.15, 0.2) is 11.2 Å². The van der Waals surface area contributed by atoms with E-state index >= 15 is 0 Å². The largest absolute Gasteiger partial charge is 0.550 e. The lowest BCUT2D eigenvalue weighted by atomic mass is 9.72. The fourth-order valence-electron chi connectivity index (χ4n) is 6.01. The second-order valence-corrected chi connectivity index (χ2v) is 13.0. The number of carboxylic acid groups (broad SMARTS) is 2. The Bertz CT molecular complexity index is 736. The number of rotatable bonds is 5. The molecule has 0 aromatic carbocycles. The Morgan fingerprint density at radius 3 is 0.944 bits per heavy atom. The first-order valence-corrected chi connectivity index (χ1v) is 11.9. The maximum absolute atomic E-state index is 11.2. The van der Waals surface area contributed by atoms with Crippen LogP contribution in [-0.4, -0.2) is 67.3 Å². The highest BCUT2D eigenvalue weighted by Crippen LogP contribution is 2.31. The number of hydrogen-bond donors (Lipinski definition) is 6. The molecule has 36 heavy (non-hydrogen) atoms. The lowest BCUT2D eigenvalue weighted by molar-refractivity contribution is -0.792. The number of primary amides is 2. The van der Waals surface area contributed by atoms with Crippen LogP contribution in [0.3, 0.4) is 0 Å². The van der Waals surface area contributed by atoms with Gasteiger partial charge in [0.1, 0.15) is 0 Å². The van der Waals surface area contributed by atoms with Gasteiger partial charge in [0, 0.05) is 37.6 Å². The molecule has 2 amide bonds. The number of carbonyl (C=O) groups is 4. The predicted octanol–water partition coefficient (Wildman–Crippen LogP) is -4.50. The van der Waals surface area contributed by atoms with E-state index in [2.05, 4.69) is 10.6 Å². The third-order valence-corrected chi connectivity index (χ3v) is 6.01. The standard InChI is InChI=1S/2C10H20N2O2.C4H6O4/c2*1-8(2)5-10(14,7(11)13)6-9(3,4)12-8;5-3(6)1-2-4(7)8/h2*12,14H,5-6H2,1-4H3,(H2,11,13);1-2H2,(H,5,6)(H,7,8). The first-order chi connectivity index (χ1) is 15.8. The van der Waals surface area contributed by atoms with E-state index in [1.807, 2.05) is 55.4 Å². The van der Waals surface area contributed by atoms with Gasteiger partial charge in [0.2, 0.25) is 11.8 Å². The van der Waals surface area contributed by atoms with Crippen LogP contribution >= 0.6 is 0 Å². The molecule has 0 spiro atoms. The van der Waals surface area contributed by atoms with Crippen molar-refractivity contribution in [2.24, 2.45) is 11.5 Å². The van der Waals surface area contributed by atoms with Gasteiger partial charge in [-0.25, -0.2) is 0 Å². The third kappa shape index (κ3) is 11.6.